The van der Waals surface area contributed by atoms with Crippen LogP contribution in [-0.4, -0.2) is 18.1 Å². The van der Waals surface area contributed by atoms with E-state index in [4.69, 9.17) is 5.73 Å². The molecule has 1 fully saturated rings. The number of rotatable bonds is 2. The van der Waals surface area contributed by atoms with E-state index in [9.17, 15) is 4.39 Å². The molecule has 3 heteroatoms. The monoisotopic (exact) mass is 225 g/mol. The van der Waals surface area contributed by atoms with Gasteiger partial charge >= 0.3 is 0 Å². The smallest absolute Gasteiger partial charge is 0.123 e. The second-order valence-corrected chi connectivity index (χ2v) is 5.26. The molecule has 1 nitrogen and oxygen atoms in total. The Kier molecular flexibility index (Phi) is 3.32. The maximum Gasteiger partial charge on any atom is 0.123 e. The third-order valence-electron chi connectivity index (χ3n) is 3.15. The van der Waals surface area contributed by atoms with Gasteiger partial charge in [0.1, 0.15) is 5.82 Å². The molecule has 15 heavy (non-hydrogen) atoms. The van der Waals surface area contributed by atoms with Gasteiger partial charge in [0.2, 0.25) is 0 Å². The average Bonchev–Trinajstić information content (AvgIpc) is 2.30. The standard InChI is InChI=1S/C12H16FNS/c13-11-4-1-3-10(7-11)12(8-14)5-2-6-15-9-12/h1,3-4,7H,2,5-6,8-9,14H2. The first-order chi connectivity index (χ1) is 7.27. The topological polar surface area (TPSA) is 26.0 Å². The minimum absolute atomic E-state index is 0.00498. The third-order valence-corrected chi connectivity index (χ3v) is 4.48. The van der Waals surface area contributed by atoms with E-state index >= 15 is 0 Å². The molecule has 2 N–H and O–H groups in total. The Hall–Kier alpha value is -0.540. The summed E-state index contributed by atoms with van der Waals surface area (Å²) in [5.41, 5.74) is 6.96. The molecule has 2 rings (SSSR count). The van der Waals surface area contributed by atoms with Crippen molar-refractivity contribution in [3.05, 3.63) is 35.6 Å². The van der Waals surface area contributed by atoms with Crippen LogP contribution in [0, 0.1) is 5.82 Å². The Morgan fingerprint density at radius 3 is 2.93 bits per heavy atom. The van der Waals surface area contributed by atoms with Gasteiger partial charge in [-0.25, -0.2) is 4.39 Å². The fourth-order valence-corrected chi connectivity index (χ4v) is 3.49. The first-order valence-electron chi connectivity index (χ1n) is 5.31. The Morgan fingerprint density at radius 1 is 1.47 bits per heavy atom. The molecule has 1 saturated heterocycles. The van der Waals surface area contributed by atoms with Crippen molar-refractivity contribution < 1.29 is 4.39 Å². The van der Waals surface area contributed by atoms with Crippen LogP contribution >= 0.6 is 11.8 Å². The summed E-state index contributed by atoms with van der Waals surface area (Å²) in [7, 11) is 0. The van der Waals surface area contributed by atoms with E-state index in [1.165, 1.54) is 18.2 Å². The Bertz CT molecular complexity index is 334. The van der Waals surface area contributed by atoms with Crippen molar-refractivity contribution in [3.8, 4) is 0 Å². The molecule has 82 valence electrons. The fraction of sp³-hybridized carbons (Fsp3) is 0.500. The van der Waals surface area contributed by atoms with Crippen molar-refractivity contribution in [3.63, 3.8) is 0 Å². The van der Waals surface area contributed by atoms with Gasteiger partial charge in [0.15, 0.2) is 0 Å². The second kappa shape index (κ2) is 4.54. The van der Waals surface area contributed by atoms with Crippen LogP contribution in [0.2, 0.25) is 0 Å². The van der Waals surface area contributed by atoms with Crippen molar-refractivity contribution in [2.24, 2.45) is 5.73 Å². The van der Waals surface area contributed by atoms with Crippen molar-refractivity contribution in [2.75, 3.05) is 18.1 Å². The molecule has 1 atom stereocenters. The van der Waals surface area contributed by atoms with Gasteiger partial charge in [-0.15, -0.1) is 0 Å². The normalized spacial score (nSPS) is 26.5. The zero-order valence-corrected chi connectivity index (χ0v) is 9.52. The maximum absolute atomic E-state index is 13.2. The molecule has 1 heterocycles. The summed E-state index contributed by atoms with van der Waals surface area (Å²) < 4.78 is 13.2. The first-order valence-corrected chi connectivity index (χ1v) is 6.46. The lowest BCUT2D eigenvalue weighted by atomic mass is 9.78. The molecular weight excluding hydrogens is 209 g/mol. The van der Waals surface area contributed by atoms with Crippen LogP contribution in [0.15, 0.2) is 24.3 Å². The number of nitrogens with two attached hydrogens (primary N) is 1. The van der Waals surface area contributed by atoms with Crippen LogP contribution in [-0.2, 0) is 5.41 Å². The third kappa shape index (κ3) is 2.18. The Balaban J connectivity index is 2.32. The van der Waals surface area contributed by atoms with Gasteiger partial charge in [0, 0.05) is 17.7 Å². The fourth-order valence-electron chi connectivity index (χ4n) is 2.18. The second-order valence-electron chi connectivity index (χ2n) is 4.15. The minimum Gasteiger partial charge on any atom is -0.330 e. The molecule has 0 aliphatic carbocycles. The van der Waals surface area contributed by atoms with Crippen molar-refractivity contribution in [2.45, 2.75) is 18.3 Å². The summed E-state index contributed by atoms with van der Waals surface area (Å²) in [6, 6.07) is 6.91. The van der Waals surface area contributed by atoms with Crippen molar-refractivity contribution in [1.29, 1.82) is 0 Å². The quantitative estimate of drug-likeness (QED) is 0.837. The maximum atomic E-state index is 13.2. The van der Waals surface area contributed by atoms with E-state index in [2.05, 4.69) is 0 Å². The lowest BCUT2D eigenvalue weighted by Crippen LogP contribution is -2.40. The van der Waals surface area contributed by atoms with E-state index < -0.39 is 0 Å². The SMILES string of the molecule is NCC1(c2cccc(F)c2)CCCSC1. The van der Waals surface area contributed by atoms with Crippen LogP contribution in [0.4, 0.5) is 4.39 Å². The molecule has 1 aromatic carbocycles. The van der Waals surface area contributed by atoms with E-state index in [1.807, 2.05) is 17.8 Å². The van der Waals surface area contributed by atoms with Crippen LogP contribution in [0.5, 0.6) is 0 Å². The molecule has 0 spiro atoms. The zero-order chi connectivity index (χ0) is 10.7. The highest BCUT2D eigenvalue weighted by atomic mass is 32.2. The lowest BCUT2D eigenvalue weighted by Gasteiger charge is -2.36. The summed E-state index contributed by atoms with van der Waals surface area (Å²) in [6.07, 6.45) is 2.26. The molecule has 1 unspecified atom stereocenters. The summed E-state index contributed by atoms with van der Waals surface area (Å²) in [4.78, 5) is 0. The molecule has 0 bridgehead atoms. The van der Waals surface area contributed by atoms with Crippen molar-refractivity contribution in [1.82, 2.24) is 0 Å². The molecule has 1 aliphatic rings. The number of hydrogen-bond donors (Lipinski definition) is 1. The van der Waals surface area contributed by atoms with Gasteiger partial charge in [0.05, 0.1) is 0 Å². The van der Waals surface area contributed by atoms with Crippen LogP contribution in [0.1, 0.15) is 18.4 Å². The van der Waals surface area contributed by atoms with Crippen LogP contribution < -0.4 is 5.73 Å². The minimum atomic E-state index is -0.157. The number of thioether (sulfide) groups is 1. The Morgan fingerprint density at radius 2 is 2.33 bits per heavy atom. The lowest BCUT2D eigenvalue weighted by molar-refractivity contribution is 0.437. The van der Waals surface area contributed by atoms with Gasteiger partial charge in [-0.05, 0) is 36.3 Å². The highest BCUT2D eigenvalue weighted by molar-refractivity contribution is 7.99. The molecule has 0 radical (unpaired) electrons. The predicted octanol–water partition coefficient (Wildman–Crippen LogP) is 2.55. The number of benzene rings is 1. The van der Waals surface area contributed by atoms with Gasteiger partial charge in [-0.3, -0.25) is 0 Å². The molecule has 0 aromatic heterocycles. The summed E-state index contributed by atoms with van der Waals surface area (Å²) >= 11 is 1.92. The van der Waals surface area contributed by atoms with E-state index in [-0.39, 0.29) is 11.2 Å². The summed E-state index contributed by atoms with van der Waals surface area (Å²) in [6.45, 7) is 0.615. The highest BCUT2D eigenvalue weighted by Gasteiger charge is 2.32. The summed E-state index contributed by atoms with van der Waals surface area (Å²) in [5.74, 6) is 2.07. The highest BCUT2D eigenvalue weighted by Crippen LogP contribution is 2.37. The van der Waals surface area contributed by atoms with Crippen molar-refractivity contribution >= 4 is 11.8 Å². The van der Waals surface area contributed by atoms with Gasteiger partial charge < -0.3 is 5.73 Å². The van der Waals surface area contributed by atoms with Gasteiger partial charge in [0.25, 0.3) is 0 Å². The van der Waals surface area contributed by atoms with E-state index in [0.29, 0.717) is 6.54 Å². The van der Waals surface area contributed by atoms with Crippen LogP contribution in [0.3, 0.4) is 0 Å². The predicted molar refractivity (Wildman–Crippen MR) is 63.7 cm³/mol. The molecule has 1 aliphatic heterocycles. The Labute approximate surface area is 94.2 Å². The first kappa shape index (κ1) is 11.0. The van der Waals surface area contributed by atoms with E-state index in [1.54, 1.807) is 12.1 Å². The largest absolute Gasteiger partial charge is 0.330 e. The number of hydrogen-bond acceptors (Lipinski definition) is 2. The van der Waals surface area contributed by atoms with E-state index in [0.717, 1.165) is 17.7 Å². The zero-order valence-electron chi connectivity index (χ0n) is 8.71. The molecule has 0 amide bonds. The van der Waals surface area contributed by atoms with Gasteiger partial charge in [-0.2, -0.15) is 11.8 Å². The molecular formula is C12H16FNS. The average molecular weight is 225 g/mol. The molecule has 1 aromatic rings. The molecule has 0 saturated carbocycles. The van der Waals surface area contributed by atoms with Gasteiger partial charge in [-0.1, -0.05) is 12.1 Å². The van der Waals surface area contributed by atoms with Crippen LogP contribution in [0.25, 0.3) is 0 Å². The number of halogens is 1. The summed E-state index contributed by atoms with van der Waals surface area (Å²) in [5, 5.41) is 0.